The van der Waals surface area contributed by atoms with Crippen molar-refractivity contribution in [1.29, 1.82) is 5.26 Å². The molecule has 9 heteroatoms. The van der Waals surface area contributed by atoms with E-state index < -0.39 is 11.6 Å². The van der Waals surface area contributed by atoms with Crippen molar-refractivity contribution in [3.8, 4) is 17.5 Å². The van der Waals surface area contributed by atoms with E-state index in [1.807, 2.05) is 16.7 Å². The summed E-state index contributed by atoms with van der Waals surface area (Å²) < 4.78 is 34.2. The highest BCUT2D eigenvalue weighted by atomic mass is 19.1. The van der Waals surface area contributed by atoms with E-state index in [2.05, 4.69) is 26.3 Å². The predicted molar refractivity (Wildman–Crippen MR) is 116 cm³/mol. The Morgan fingerprint density at radius 1 is 1.16 bits per heavy atom. The van der Waals surface area contributed by atoms with Gasteiger partial charge in [0.2, 0.25) is 5.95 Å². The van der Waals surface area contributed by atoms with Gasteiger partial charge in [-0.2, -0.15) is 10.2 Å². The van der Waals surface area contributed by atoms with Crippen LogP contribution in [0.3, 0.4) is 0 Å². The van der Waals surface area contributed by atoms with Crippen LogP contribution in [0.25, 0.3) is 22.6 Å². The highest BCUT2D eigenvalue weighted by Gasteiger charge is 2.16. The lowest BCUT2D eigenvalue weighted by molar-refractivity contribution is 0.191. The van der Waals surface area contributed by atoms with Crippen LogP contribution in [-0.2, 0) is 17.8 Å². The van der Waals surface area contributed by atoms with Crippen molar-refractivity contribution >= 4 is 17.1 Å². The van der Waals surface area contributed by atoms with Gasteiger partial charge in [-0.05, 0) is 24.6 Å². The summed E-state index contributed by atoms with van der Waals surface area (Å²) in [6, 6.07) is 12.8. The van der Waals surface area contributed by atoms with E-state index >= 15 is 0 Å². The van der Waals surface area contributed by atoms with Crippen LogP contribution in [0.2, 0.25) is 0 Å². The van der Waals surface area contributed by atoms with Crippen LogP contribution in [0.4, 0.5) is 14.7 Å². The molecule has 0 aliphatic carbocycles. The minimum atomic E-state index is -0.636. The van der Waals surface area contributed by atoms with Gasteiger partial charge in [-0.25, -0.2) is 18.7 Å². The smallest absolute Gasteiger partial charge is 0.225 e. The summed E-state index contributed by atoms with van der Waals surface area (Å²) in [5.74, 6) is -0.296. The van der Waals surface area contributed by atoms with Crippen molar-refractivity contribution in [1.82, 2.24) is 19.5 Å². The summed E-state index contributed by atoms with van der Waals surface area (Å²) in [5.41, 5.74) is 2.83. The number of ether oxygens (including phenoxy) is 1. The van der Waals surface area contributed by atoms with Gasteiger partial charge >= 0.3 is 0 Å². The van der Waals surface area contributed by atoms with Crippen molar-refractivity contribution in [2.24, 2.45) is 0 Å². The fourth-order valence-corrected chi connectivity index (χ4v) is 3.37. The summed E-state index contributed by atoms with van der Waals surface area (Å²) in [7, 11) is 1.64. The third-order valence-electron chi connectivity index (χ3n) is 4.92. The monoisotopic (exact) mass is 434 g/mol. The Morgan fingerprint density at radius 2 is 2.03 bits per heavy atom. The normalized spacial score (nSPS) is 10.9. The molecule has 0 fully saturated rings. The van der Waals surface area contributed by atoms with E-state index in [1.54, 1.807) is 25.4 Å². The van der Waals surface area contributed by atoms with E-state index in [-0.39, 0.29) is 6.54 Å². The molecule has 0 amide bonds. The molecular weight excluding hydrogens is 414 g/mol. The number of aryl methyl sites for hydroxylation is 1. The number of hydrogen-bond acceptors (Lipinski definition) is 6. The van der Waals surface area contributed by atoms with Crippen molar-refractivity contribution in [3.63, 3.8) is 0 Å². The zero-order valence-electron chi connectivity index (χ0n) is 17.3. The van der Waals surface area contributed by atoms with Crippen molar-refractivity contribution in [2.45, 2.75) is 19.5 Å². The van der Waals surface area contributed by atoms with Crippen LogP contribution in [0.15, 0.2) is 48.7 Å². The molecule has 0 aliphatic rings. The second-order valence-electron chi connectivity index (χ2n) is 7.12. The SMILES string of the molecule is COCCCn1c(-c2cccc(C#N)c2)nc2cnc(NCc3ccc(F)cc3F)nc21. The van der Waals surface area contributed by atoms with Crippen LogP contribution in [-0.4, -0.2) is 33.2 Å². The molecule has 0 saturated carbocycles. The zero-order chi connectivity index (χ0) is 22.5. The van der Waals surface area contributed by atoms with Gasteiger partial charge in [0.25, 0.3) is 0 Å². The van der Waals surface area contributed by atoms with Crippen LogP contribution < -0.4 is 5.32 Å². The molecule has 0 saturated heterocycles. The average molecular weight is 434 g/mol. The Balaban J connectivity index is 1.69. The quantitative estimate of drug-likeness (QED) is 0.416. The van der Waals surface area contributed by atoms with Crippen molar-refractivity contribution < 1.29 is 13.5 Å². The second-order valence-corrected chi connectivity index (χ2v) is 7.12. The Bertz CT molecular complexity index is 1300. The molecule has 2 aromatic heterocycles. The van der Waals surface area contributed by atoms with Gasteiger partial charge in [0.15, 0.2) is 5.65 Å². The molecule has 4 rings (SSSR count). The highest BCUT2D eigenvalue weighted by Crippen LogP contribution is 2.25. The minimum absolute atomic E-state index is 0.104. The molecule has 0 radical (unpaired) electrons. The molecule has 2 aromatic carbocycles. The molecule has 2 heterocycles. The lowest BCUT2D eigenvalue weighted by Crippen LogP contribution is -2.08. The van der Waals surface area contributed by atoms with Crippen LogP contribution in [0, 0.1) is 23.0 Å². The number of hydrogen-bond donors (Lipinski definition) is 1. The highest BCUT2D eigenvalue weighted by molar-refractivity contribution is 5.77. The Hall–Kier alpha value is -3.90. The first-order valence-corrected chi connectivity index (χ1v) is 9.99. The third kappa shape index (κ3) is 4.55. The van der Waals surface area contributed by atoms with E-state index in [0.29, 0.717) is 47.2 Å². The summed E-state index contributed by atoms with van der Waals surface area (Å²) in [6.07, 6.45) is 2.33. The van der Waals surface area contributed by atoms with Gasteiger partial charge in [-0.1, -0.05) is 18.2 Å². The fourth-order valence-electron chi connectivity index (χ4n) is 3.37. The molecule has 4 aromatic rings. The number of nitriles is 1. The predicted octanol–water partition coefficient (Wildman–Crippen LogP) is 4.29. The van der Waals surface area contributed by atoms with Crippen molar-refractivity contribution in [3.05, 3.63) is 71.4 Å². The Morgan fingerprint density at radius 3 is 2.81 bits per heavy atom. The van der Waals surface area contributed by atoms with Crippen molar-refractivity contribution in [2.75, 3.05) is 19.0 Å². The van der Waals surface area contributed by atoms with Gasteiger partial charge in [0.05, 0.1) is 17.8 Å². The Labute approximate surface area is 183 Å². The van der Waals surface area contributed by atoms with Gasteiger partial charge < -0.3 is 14.6 Å². The standard InChI is InChI=1S/C23H20F2N6O/c1-32-9-3-8-31-21(16-5-2-4-15(10-16)12-26)29-20-14-28-23(30-22(20)31)27-13-17-6-7-18(24)11-19(17)25/h2,4-7,10-11,14H,3,8-9,13H2,1H3,(H,27,28,30). The van der Waals surface area contributed by atoms with E-state index in [1.165, 1.54) is 12.1 Å². The van der Waals surface area contributed by atoms with E-state index in [9.17, 15) is 14.0 Å². The summed E-state index contributed by atoms with van der Waals surface area (Å²) in [4.78, 5) is 13.5. The molecule has 32 heavy (non-hydrogen) atoms. The zero-order valence-corrected chi connectivity index (χ0v) is 17.3. The first kappa shape index (κ1) is 21.3. The minimum Gasteiger partial charge on any atom is -0.385 e. The molecule has 0 bridgehead atoms. The van der Waals surface area contributed by atoms with Gasteiger partial charge in [0, 0.05) is 44.0 Å². The van der Waals surface area contributed by atoms with E-state index in [0.717, 1.165) is 18.1 Å². The van der Waals surface area contributed by atoms with Crippen LogP contribution >= 0.6 is 0 Å². The lowest BCUT2D eigenvalue weighted by Gasteiger charge is -2.10. The largest absolute Gasteiger partial charge is 0.385 e. The molecule has 0 aliphatic heterocycles. The van der Waals surface area contributed by atoms with Gasteiger partial charge in [0.1, 0.15) is 23.0 Å². The van der Waals surface area contributed by atoms with E-state index in [4.69, 9.17) is 4.74 Å². The fraction of sp³-hybridized carbons (Fsp3) is 0.217. The topological polar surface area (TPSA) is 88.7 Å². The number of imidazole rings is 1. The number of nitrogens with zero attached hydrogens (tertiary/aromatic N) is 5. The van der Waals surface area contributed by atoms with Crippen LogP contribution in [0.5, 0.6) is 0 Å². The van der Waals surface area contributed by atoms with Gasteiger partial charge in [-0.15, -0.1) is 0 Å². The number of anilines is 1. The molecule has 1 N–H and O–H groups in total. The van der Waals surface area contributed by atoms with Gasteiger partial charge in [-0.3, -0.25) is 0 Å². The number of methoxy groups -OCH3 is 1. The third-order valence-corrected chi connectivity index (χ3v) is 4.92. The maximum atomic E-state index is 13.9. The molecule has 0 atom stereocenters. The number of rotatable bonds is 8. The molecule has 162 valence electrons. The number of aromatic nitrogens is 4. The second kappa shape index (κ2) is 9.49. The lowest BCUT2D eigenvalue weighted by atomic mass is 10.1. The first-order valence-electron chi connectivity index (χ1n) is 9.99. The number of nitrogens with one attached hydrogen (secondary N) is 1. The summed E-state index contributed by atoms with van der Waals surface area (Å²) >= 11 is 0. The number of fused-ring (bicyclic) bond motifs is 1. The Kier molecular flexibility index (Phi) is 6.33. The molecule has 0 spiro atoms. The first-order chi connectivity index (χ1) is 15.6. The average Bonchev–Trinajstić information content (AvgIpc) is 3.16. The maximum Gasteiger partial charge on any atom is 0.225 e. The number of halogens is 2. The maximum absolute atomic E-state index is 13.9. The molecule has 7 nitrogen and oxygen atoms in total. The number of benzene rings is 2. The molecular formula is C23H20F2N6O. The summed E-state index contributed by atoms with van der Waals surface area (Å²) in [5, 5.41) is 12.2. The molecule has 0 unspecified atom stereocenters. The van der Waals surface area contributed by atoms with Crippen LogP contribution in [0.1, 0.15) is 17.5 Å². The summed E-state index contributed by atoms with van der Waals surface area (Å²) in [6.45, 7) is 1.27.